The van der Waals surface area contributed by atoms with Crippen molar-refractivity contribution in [3.05, 3.63) is 65.6 Å². The molecule has 0 aliphatic rings. The van der Waals surface area contributed by atoms with Gasteiger partial charge in [0.1, 0.15) is 11.6 Å². The van der Waals surface area contributed by atoms with Gasteiger partial charge in [0, 0.05) is 12.1 Å². The third kappa shape index (κ3) is 4.27. The van der Waals surface area contributed by atoms with Crippen LogP contribution in [0.15, 0.2) is 48.5 Å². The Morgan fingerprint density at radius 2 is 1.96 bits per heavy atom. The van der Waals surface area contributed by atoms with Crippen LogP contribution in [0.5, 0.6) is 11.5 Å². The van der Waals surface area contributed by atoms with Crippen molar-refractivity contribution < 1.29 is 18.7 Å². The van der Waals surface area contributed by atoms with E-state index in [1.54, 1.807) is 37.3 Å². The van der Waals surface area contributed by atoms with Gasteiger partial charge in [-0.2, -0.15) is 10.4 Å². The van der Waals surface area contributed by atoms with E-state index in [9.17, 15) is 9.18 Å². The quantitative estimate of drug-likeness (QED) is 0.709. The molecule has 0 spiro atoms. The Hall–Kier alpha value is -3.86. The number of nitrogens with one attached hydrogen (secondary N) is 1. The van der Waals surface area contributed by atoms with Gasteiger partial charge in [-0.05, 0) is 43.3 Å². The van der Waals surface area contributed by atoms with E-state index in [4.69, 9.17) is 14.7 Å². The van der Waals surface area contributed by atoms with Crippen molar-refractivity contribution in [2.75, 3.05) is 19.0 Å². The van der Waals surface area contributed by atoms with Crippen LogP contribution in [0.25, 0.3) is 5.69 Å². The van der Waals surface area contributed by atoms with E-state index in [0.717, 1.165) is 0 Å². The molecule has 1 heterocycles. The second-order valence-electron chi connectivity index (χ2n) is 5.87. The Bertz CT molecular complexity index is 1040. The van der Waals surface area contributed by atoms with E-state index in [-0.39, 0.29) is 12.4 Å². The molecule has 0 bridgehead atoms. The molecule has 0 atom stereocenters. The van der Waals surface area contributed by atoms with Crippen LogP contribution in [0.1, 0.15) is 11.3 Å². The number of hydrogen-bond donors (Lipinski definition) is 1. The minimum absolute atomic E-state index is 0.268. The van der Waals surface area contributed by atoms with Crippen molar-refractivity contribution >= 4 is 11.7 Å². The van der Waals surface area contributed by atoms with Gasteiger partial charge in [0.15, 0.2) is 18.1 Å². The van der Waals surface area contributed by atoms with Gasteiger partial charge in [-0.25, -0.2) is 9.07 Å². The van der Waals surface area contributed by atoms with Crippen LogP contribution in [0.4, 0.5) is 10.2 Å². The maximum absolute atomic E-state index is 13.1. The SMILES string of the molecule is COc1cc(C#N)ccc1OCC(=O)Nc1cc(C)nn1-c1ccc(F)cc1. The van der Waals surface area contributed by atoms with Gasteiger partial charge in [-0.15, -0.1) is 0 Å². The van der Waals surface area contributed by atoms with Gasteiger partial charge in [0.25, 0.3) is 5.91 Å². The molecule has 3 aromatic rings. The predicted octanol–water partition coefficient (Wildman–Crippen LogP) is 3.22. The average molecular weight is 380 g/mol. The number of amides is 1. The standard InChI is InChI=1S/C20H17FN4O3/c1-13-9-19(25(24-13)16-6-4-15(21)5-7-16)23-20(26)12-28-17-8-3-14(11-22)10-18(17)27-2/h3-10H,12H2,1-2H3,(H,23,26). The lowest BCUT2D eigenvalue weighted by molar-refractivity contribution is -0.118. The lowest BCUT2D eigenvalue weighted by atomic mass is 10.2. The number of aromatic nitrogens is 2. The summed E-state index contributed by atoms with van der Waals surface area (Å²) in [6, 6.07) is 14.1. The first kappa shape index (κ1) is 18.9. The lowest BCUT2D eigenvalue weighted by Crippen LogP contribution is -2.22. The Balaban J connectivity index is 1.71. The number of anilines is 1. The number of hydrogen-bond acceptors (Lipinski definition) is 5. The molecule has 28 heavy (non-hydrogen) atoms. The summed E-state index contributed by atoms with van der Waals surface area (Å²) in [5.74, 6) is 0.376. The van der Waals surface area contributed by atoms with Crippen molar-refractivity contribution in [1.82, 2.24) is 9.78 Å². The highest BCUT2D eigenvalue weighted by Gasteiger charge is 2.13. The summed E-state index contributed by atoms with van der Waals surface area (Å²) >= 11 is 0. The minimum Gasteiger partial charge on any atom is -0.493 e. The monoisotopic (exact) mass is 380 g/mol. The van der Waals surface area contributed by atoms with Gasteiger partial charge in [0.2, 0.25) is 0 Å². The smallest absolute Gasteiger partial charge is 0.263 e. The van der Waals surface area contributed by atoms with Crippen molar-refractivity contribution in [2.45, 2.75) is 6.92 Å². The molecule has 3 rings (SSSR count). The van der Waals surface area contributed by atoms with Gasteiger partial charge >= 0.3 is 0 Å². The zero-order chi connectivity index (χ0) is 20.1. The molecule has 0 unspecified atom stereocenters. The highest BCUT2D eigenvalue weighted by Crippen LogP contribution is 2.27. The summed E-state index contributed by atoms with van der Waals surface area (Å²) in [5.41, 5.74) is 1.72. The Kier molecular flexibility index (Phi) is 5.56. The summed E-state index contributed by atoms with van der Waals surface area (Å²) in [7, 11) is 1.45. The van der Waals surface area contributed by atoms with Gasteiger partial charge in [0.05, 0.1) is 30.1 Å². The van der Waals surface area contributed by atoms with Crippen LogP contribution in [0.2, 0.25) is 0 Å². The zero-order valence-electron chi connectivity index (χ0n) is 15.3. The van der Waals surface area contributed by atoms with E-state index in [1.807, 2.05) is 6.07 Å². The summed E-state index contributed by atoms with van der Waals surface area (Å²) < 4.78 is 25.3. The number of carbonyl (C=O) groups excluding carboxylic acids is 1. The second-order valence-corrected chi connectivity index (χ2v) is 5.87. The number of aryl methyl sites for hydroxylation is 1. The number of carbonyl (C=O) groups is 1. The first-order valence-electron chi connectivity index (χ1n) is 8.33. The van der Waals surface area contributed by atoms with Crippen LogP contribution < -0.4 is 14.8 Å². The Morgan fingerprint density at radius 1 is 1.21 bits per heavy atom. The lowest BCUT2D eigenvalue weighted by Gasteiger charge is -2.12. The molecule has 0 fully saturated rings. The Labute approximate surface area is 160 Å². The van der Waals surface area contributed by atoms with Crippen LogP contribution >= 0.6 is 0 Å². The summed E-state index contributed by atoms with van der Waals surface area (Å²) in [6.07, 6.45) is 0. The van der Waals surface area contributed by atoms with E-state index < -0.39 is 5.91 Å². The molecule has 0 saturated carbocycles. The third-order valence-electron chi connectivity index (χ3n) is 3.82. The van der Waals surface area contributed by atoms with Crippen molar-refractivity contribution in [3.8, 4) is 23.3 Å². The van der Waals surface area contributed by atoms with Gasteiger partial charge in [-0.1, -0.05) is 0 Å². The number of rotatable bonds is 6. The first-order chi connectivity index (χ1) is 13.5. The molecule has 8 heteroatoms. The maximum Gasteiger partial charge on any atom is 0.263 e. The van der Waals surface area contributed by atoms with Crippen LogP contribution in [0.3, 0.4) is 0 Å². The molecule has 1 N–H and O–H groups in total. The van der Waals surface area contributed by atoms with Crippen LogP contribution in [0, 0.1) is 24.1 Å². The molecule has 2 aromatic carbocycles. The fourth-order valence-electron chi connectivity index (χ4n) is 2.55. The number of benzene rings is 2. The molecule has 142 valence electrons. The fraction of sp³-hybridized carbons (Fsp3) is 0.150. The van der Waals surface area contributed by atoms with E-state index >= 15 is 0 Å². The molecule has 7 nitrogen and oxygen atoms in total. The van der Waals surface area contributed by atoms with Crippen molar-refractivity contribution in [1.29, 1.82) is 5.26 Å². The fourth-order valence-corrected chi connectivity index (χ4v) is 2.55. The molecular formula is C20H17FN4O3. The third-order valence-corrected chi connectivity index (χ3v) is 3.82. The Morgan fingerprint density at radius 3 is 2.64 bits per heavy atom. The van der Waals surface area contributed by atoms with Crippen molar-refractivity contribution in [3.63, 3.8) is 0 Å². The second kappa shape index (κ2) is 8.22. The largest absolute Gasteiger partial charge is 0.493 e. The van der Waals surface area contributed by atoms with E-state index in [2.05, 4.69) is 10.4 Å². The van der Waals surface area contributed by atoms with Crippen molar-refractivity contribution in [2.24, 2.45) is 0 Å². The number of halogens is 1. The average Bonchev–Trinajstić information content (AvgIpc) is 3.06. The first-order valence-corrected chi connectivity index (χ1v) is 8.33. The topological polar surface area (TPSA) is 89.2 Å². The number of nitriles is 1. The molecule has 0 aliphatic heterocycles. The van der Waals surface area contributed by atoms with Crippen LogP contribution in [-0.2, 0) is 4.79 Å². The van der Waals surface area contributed by atoms with Gasteiger partial charge in [-0.3, -0.25) is 4.79 Å². The summed E-state index contributed by atoms with van der Waals surface area (Å²) in [6.45, 7) is 1.52. The van der Waals surface area contributed by atoms with E-state index in [1.165, 1.54) is 30.0 Å². The van der Waals surface area contributed by atoms with E-state index in [0.29, 0.717) is 34.3 Å². The summed E-state index contributed by atoms with van der Waals surface area (Å²) in [5, 5.41) is 16.0. The molecular weight excluding hydrogens is 363 g/mol. The number of methoxy groups -OCH3 is 1. The summed E-state index contributed by atoms with van der Waals surface area (Å²) in [4.78, 5) is 12.3. The van der Waals surface area contributed by atoms with Gasteiger partial charge < -0.3 is 14.8 Å². The molecule has 1 aromatic heterocycles. The molecule has 1 amide bonds. The normalized spacial score (nSPS) is 10.2. The maximum atomic E-state index is 13.1. The zero-order valence-corrected chi connectivity index (χ0v) is 15.3. The molecule has 0 aliphatic carbocycles. The number of nitrogens with zero attached hydrogens (tertiary/aromatic N) is 3. The highest BCUT2D eigenvalue weighted by molar-refractivity contribution is 5.91. The minimum atomic E-state index is -0.408. The van der Waals surface area contributed by atoms with Crippen LogP contribution in [-0.4, -0.2) is 29.4 Å². The number of ether oxygens (including phenoxy) is 2. The predicted molar refractivity (Wildman–Crippen MR) is 100 cm³/mol. The molecule has 0 saturated heterocycles. The molecule has 0 radical (unpaired) electrons. The highest BCUT2D eigenvalue weighted by atomic mass is 19.1.